The van der Waals surface area contributed by atoms with Crippen LogP contribution in [-0.4, -0.2) is 85.3 Å². The van der Waals surface area contributed by atoms with Crippen LogP contribution in [0.4, 0.5) is 0 Å². The summed E-state index contributed by atoms with van der Waals surface area (Å²) in [5, 5.41) is 17.6. The number of nitrogens with one attached hydrogen (secondary N) is 5. The van der Waals surface area contributed by atoms with E-state index in [0.717, 1.165) is 32.7 Å². The molecule has 13 N–H and O–H groups in total. The fourth-order valence-electron chi connectivity index (χ4n) is 6.52. The summed E-state index contributed by atoms with van der Waals surface area (Å²) in [6.07, 6.45) is 0.971. The summed E-state index contributed by atoms with van der Waals surface area (Å²) in [5.41, 5.74) is 23.5. The van der Waals surface area contributed by atoms with Crippen molar-refractivity contribution in [3.05, 3.63) is 96.1 Å². The lowest BCUT2D eigenvalue weighted by atomic mass is 9.99. The molecular weight excluding hydrogens is 715 g/mol. The summed E-state index contributed by atoms with van der Waals surface area (Å²) in [6, 6.07) is 22.3. The normalized spacial score (nSPS) is 19.7. The van der Waals surface area contributed by atoms with Gasteiger partial charge in [-0.2, -0.15) is 0 Å². The Hall–Kier alpha value is -6.71. The highest BCUT2D eigenvalue weighted by Crippen LogP contribution is 2.19. The number of amides is 5. The minimum Gasteiger partial charge on any atom is -0.370 e. The Morgan fingerprint density at radius 3 is 1.41 bits per heavy atom. The third-order valence-corrected chi connectivity index (χ3v) is 9.37. The number of nitrogens with zero attached hydrogens (tertiary/aromatic N) is 2. The molecule has 0 aliphatic carbocycles. The van der Waals surface area contributed by atoms with E-state index in [1.807, 2.05) is 84.9 Å². The zero-order chi connectivity index (χ0) is 40.0. The van der Waals surface area contributed by atoms with Gasteiger partial charge in [0.1, 0.15) is 24.2 Å². The summed E-state index contributed by atoms with van der Waals surface area (Å²) < 4.78 is 0. The van der Waals surface area contributed by atoms with Crippen molar-refractivity contribution in [3.63, 3.8) is 0 Å². The molecule has 0 aromatic heterocycles. The molecule has 1 aliphatic rings. The van der Waals surface area contributed by atoms with Crippen molar-refractivity contribution < 1.29 is 24.0 Å². The van der Waals surface area contributed by atoms with Gasteiger partial charge in [0.15, 0.2) is 11.9 Å². The van der Waals surface area contributed by atoms with Gasteiger partial charge in [0.25, 0.3) is 0 Å². The summed E-state index contributed by atoms with van der Waals surface area (Å²) in [4.78, 5) is 77.2. The number of hydrogen-bond acceptors (Lipinski definition) is 7. The van der Waals surface area contributed by atoms with Crippen molar-refractivity contribution in [1.82, 2.24) is 26.6 Å². The highest BCUT2D eigenvalue weighted by atomic mass is 16.2. The van der Waals surface area contributed by atoms with Gasteiger partial charge in [-0.05, 0) is 58.4 Å². The van der Waals surface area contributed by atoms with Gasteiger partial charge in [-0.3, -0.25) is 34.0 Å². The molecule has 0 bridgehead atoms. The average Bonchev–Trinajstić information content (AvgIpc) is 3.18. The van der Waals surface area contributed by atoms with E-state index in [-0.39, 0.29) is 50.7 Å². The molecule has 5 amide bonds. The second-order valence-electron chi connectivity index (χ2n) is 13.7. The first-order valence-electron chi connectivity index (χ1n) is 18.5. The van der Waals surface area contributed by atoms with Crippen molar-refractivity contribution in [2.75, 3.05) is 19.6 Å². The molecular formula is C40H49N11O5. The van der Waals surface area contributed by atoms with Gasteiger partial charge < -0.3 is 49.5 Å². The Labute approximate surface area is 324 Å². The highest BCUT2D eigenvalue weighted by molar-refractivity contribution is 5.97. The quantitative estimate of drug-likeness (QED) is 0.0531. The van der Waals surface area contributed by atoms with Gasteiger partial charge in [0.2, 0.25) is 29.5 Å². The maximum atomic E-state index is 14.2. The molecule has 1 fully saturated rings. The monoisotopic (exact) mass is 763 g/mol. The topological polar surface area (TPSA) is 274 Å². The third kappa shape index (κ3) is 11.9. The minimum atomic E-state index is -1.17. The first kappa shape index (κ1) is 40.5. The van der Waals surface area contributed by atoms with Crippen LogP contribution in [0, 0.1) is 0 Å². The van der Waals surface area contributed by atoms with Crippen LogP contribution in [0.1, 0.15) is 36.8 Å². The van der Waals surface area contributed by atoms with Gasteiger partial charge in [-0.1, -0.05) is 84.9 Å². The number of hydrogen-bond donors (Lipinski definition) is 9. The molecule has 4 aromatic carbocycles. The molecule has 5 rings (SSSR count). The SMILES string of the molecule is NC(N)=NCCC[C@@H]1NC(=O)[C@H](Cc2ccc3ccccc3c2)NC(=O)[C@@H](CCCN=C(N)N)NC(=O)CNC(=O)[C@H](Cc2ccc3ccccc3c2)NC1=O. The van der Waals surface area contributed by atoms with Crippen LogP contribution >= 0.6 is 0 Å². The number of aliphatic imine (C=N–C) groups is 2. The summed E-state index contributed by atoms with van der Waals surface area (Å²) in [5.74, 6) is -3.47. The van der Waals surface area contributed by atoms with E-state index >= 15 is 0 Å². The molecule has 16 heteroatoms. The Kier molecular flexibility index (Phi) is 14.1. The minimum absolute atomic E-state index is 0.0596. The van der Waals surface area contributed by atoms with Crippen molar-refractivity contribution in [2.24, 2.45) is 32.9 Å². The van der Waals surface area contributed by atoms with Gasteiger partial charge in [0, 0.05) is 25.9 Å². The lowest BCUT2D eigenvalue weighted by Gasteiger charge is -2.26. The number of benzene rings is 4. The van der Waals surface area contributed by atoms with Crippen molar-refractivity contribution >= 4 is 63.0 Å². The van der Waals surface area contributed by atoms with E-state index in [2.05, 4.69) is 36.6 Å². The number of rotatable bonds is 12. The molecule has 4 atom stereocenters. The van der Waals surface area contributed by atoms with Crippen LogP contribution in [-0.2, 0) is 36.8 Å². The molecule has 0 unspecified atom stereocenters. The Morgan fingerprint density at radius 1 is 0.518 bits per heavy atom. The second kappa shape index (κ2) is 19.6. The summed E-state index contributed by atoms with van der Waals surface area (Å²) in [6.45, 7) is -0.124. The maximum absolute atomic E-state index is 14.2. The predicted molar refractivity (Wildman–Crippen MR) is 216 cm³/mol. The number of carbonyl (C=O) groups is 5. The van der Waals surface area contributed by atoms with E-state index in [1.165, 1.54) is 0 Å². The molecule has 16 nitrogen and oxygen atoms in total. The fraction of sp³-hybridized carbons (Fsp3) is 0.325. The van der Waals surface area contributed by atoms with Crippen molar-refractivity contribution in [3.8, 4) is 0 Å². The Bertz CT molecular complexity index is 2110. The van der Waals surface area contributed by atoms with Crippen molar-refractivity contribution in [1.29, 1.82) is 0 Å². The van der Waals surface area contributed by atoms with Crippen LogP contribution in [0.3, 0.4) is 0 Å². The predicted octanol–water partition coefficient (Wildman–Crippen LogP) is -0.0456. The highest BCUT2D eigenvalue weighted by Gasteiger charge is 2.32. The van der Waals surface area contributed by atoms with Crippen LogP contribution in [0.2, 0.25) is 0 Å². The van der Waals surface area contributed by atoms with E-state index < -0.39 is 60.2 Å². The van der Waals surface area contributed by atoms with E-state index in [9.17, 15) is 24.0 Å². The van der Waals surface area contributed by atoms with Gasteiger partial charge in [0.05, 0.1) is 6.54 Å². The number of guanidine groups is 2. The summed E-state index contributed by atoms with van der Waals surface area (Å²) >= 11 is 0. The van der Waals surface area contributed by atoms with Crippen LogP contribution in [0.5, 0.6) is 0 Å². The maximum Gasteiger partial charge on any atom is 0.243 e. The molecule has 0 radical (unpaired) electrons. The molecule has 0 spiro atoms. The lowest BCUT2D eigenvalue weighted by molar-refractivity contribution is -0.134. The molecule has 56 heavy (non-hydrogen) atoms. The van der Waals surface area contributed by atoms with Gasteiger partial charge >= 0.3 is 0 Å². The second-order valence-corrected chi connectivity index (χ2v) is 13.7. The zero-order valence-corrected chi connectivity index (χ0v) is 31.0. The standard InChI is InChI=1S/C40H49N11O5/c41-39(42)45-17-5-11-30-36(54)51-33(22-25-14-16-27-8-2-4-10-29(27)20-25)38(56)49-31(12-6-18-46-40(43)44)37(55)50-32(35(53)47-23-34(52)48-30)21-24-13-15-26-7-1-3-9-28(26)19-24/h1-4,7-10,13-16,19-20,30-33H,5-6,11-12,17-18,21-23H2,(H,47,53)(H,48,52)(H,49,56)(H,50,55)(H,51,54)(H4,41,42,45)(H4,43,44,46)/t30-,31+,32+,33+/m1/s1. The van der Waals surface area contributed by atoms with Gasteiger partial charge in [-0.25, -0.2) is 0 Å². The lowest BCUT2D eigenvalue weighted by Crippen LogP contribution is -2.58. The van der Waals surface area contributed by atoms with E-state index in [0.29, 0.717) is 12.8 Å². The van der Waals surface area contributed by atoms with Crippen molar-refractivity contribution in [2.45, 2.75) is 62.7 Å². The largest absolute Gasteiger partial charge is 0.370 e. The van der Waals surface area contributed by atoms with Gasteiger partial charge in [-0.15, -0.1) is 0 Å². The van der Waals surface area contributed by atoms with Crippen LogP contribution in [0.15, 0.2) is 94.9 Å². The average molecular weight is 764 g/mol. The zero-order valence-electron chi connectivity index (χ0n) is 31.0. The molecule has 294 valence electrons. The van der Waals surface area contributed by atoms with Crippen LogP contribution in [0.25, 0.3) is 21.5 Å². The third-order valence-electron chi connectivity index (χ3n) is 9.37. The Balaban J connectivity index is 1.48. The number of carbonyl (C=O) groups excluding carboxylic acids is 5. The van der Waals surface area contributed by atoms with Crippen LogP contribution < -0.4 is 49.5 Å². The molecule has 1 aliphatic heterocycles. The van der Waals surface area contributed by atoms with E-state index in [4.69, 9.17) is 22.9 Å². The smallest absolute Gasteiger partial charge is 0.243 e. The first-order chi connectivity index (χ1) is 26.9. The number of nitrogens with two attached hydrogens (primary N) is 4. The molecule has 1 saturated heterocycles. The molecule has 0 saturated carbocycles. The molecule has 4 aromatic rings. The number of fused-ring (bicyclic) bond motifs is 2. The first-order valence-corrected chi connectivity index (χ1v) is 18.5. The van der Waals surface area contributed by atoms with E-state index in [1.54, 1.807) is 0 Å². The summed E-state index contributed by atoms with van der Waals surface area (Å²) in [7, 11) is 0. The molecule has 1 heterocycles. The fourth-order valence-corrected chi connectivity index (χ4v) is 6.52. The Morgan fingerprint density at radius 2 is 0.929 bits per heavy atom.